The highest BCUT2D eigenvalue weighted by Crippen LogP contribution is 2.53. The fourth-order valence-electron chi connectivity index (χ4n) is 8.04. The second-order valence-corrected chi connectivity index (χ2v) is 15.0. The number of aromatic nitrogens is 4. The van der Waals surface area contributed by atoms with Crippen molar-refractivity contribution in [3.63, 3.8) is 0 Å². The van der Waals surface area contributed by atoms with Crippen molar-refractivity contribution < 1.29 is 14.3 Å². The molecular formula is C42H47N5O3. The summed E-state index contributed by atoms with van der Waals surface area (Å²) in [6.45, 7) is 14.5. The normalized spacial score (nSPS) is 20.3. The molecule has 1 saturated heterocycles. The lowest BCUT2D eigenvalue weighted by atomic mass is 9.89. The van der Waals surface area contributed by atoms with Crippen LogP contribution in [0.1, 0.15) is 88.6 Å². The predicted octanol–water partition coefficient (Wildman–Crippen LogP) is 7.58. The van der Waals surface area contributed by atoms with Gasteiger partial charge in [-0.2, -0.15) is 0 Å². The topological polar surface area (TPSA) is 91.0 Å². The van der Waals surface area contributed by atoms with E-state index < -0.39 is 11.0 Å². The molecule has 8 heteroatoms. The van der Waals surface area contributed by atoms with Crippen molar-refractivity contribution in [2.24, 2.45) is 5.41 Å². The fourth-order valence-corrected chi connectivity index (χ4v) is 8.04. The third-order valence-corrected chi connectivity index (χ3v) is 10.7. The number of carbonyl (C=O) groups excluding carboxylic acids is 2. The third kappa shape index (κ3) is 6.28. The lowest BCUT2D eigenvalue weighted by Gasteiger charge is -2.29. The van der Waals surface area contributed by atoms with Gasteiger partial charge in [0.2, 0.25) is 0 Å². The Morgan fingerprint density at radius 3 is 1.92 bits per heavy atom. The number of carbonyl (C=O) groups is 2. The zero-order valence-corrected chi connectivity index (χ0v) is 30.3. The van der Waals surface area contributed by atoms with E-state index in [0.717, 1.165) is 75.3 Å². The van der Waals surface area contributed by atoms with Gasteiger partial charge in [-0.25, -0.2) is 9.97 Å². The lowest BCUT2D eigenvalue weighted by Crippen LogP contribution is -2.47. The molecule has 1 unspecified atom stereocenters. The van der Waals surface area contributed by atoms with Crippen molar-refractivity contribution in [3.05, 3.63) is 129 Å². The number of amides is 1. The van der Waals surface area contributed by atoms with Gasteiger partial charge in [0.05, 0.1) is 11.5 Å². The van der Waals surface area contributed by atoms with E-state index in [1.54, 1.807) is 0 Å². The summed E-state index contributed by atoms with van der Waals surface area (Å²) < 4.78 is 10.2. The predicted molar refractivity (Wildman–Crippen MR) is 195 cm³/mol. The second-order valence-electron chi connectivity index (χ2n) is 15.0. The molecule has 50 heavy (non-hydrogen) atoms. The van der Waals surface area contributed by atoms with E-state index in [1.807, 2.05) is 6.92 Å². The summed E-state index contributed by atoms with van der Waals surface area (Å²) in [6, 6.07) is 25.0. The van der Waals surface area contributed by atoms with Gasteiger partial charge in [0, 0.05) is 47.0 Å². The average Bonchev–Trinajstić information content (AvgIpc) is 3.78. The third-order valence-electron chi connectivity index (χ3n) is 10.7. The maximum atomic E-state index is 14.1. The summed E-state index contributed by atoms with van der Waals surface area (Å²) in [5.41, 5.74) is 9.21. The van der Waals surface area contributed by atoms with Crippen LogP contribution in [0.15, 0.2) is 72.8 Å². The summed E-state index contributed by atoms with van der Waals surface area (Å²) >= 11 is 0. The van der Waals surface area contributed by atoms with Crippen LogP contribution in [0.2, 0.25) is 0 Å². The molecular weight excluding hydrogens is 622 g/mol. The average molecular weight is 670 g/mol. The summed E-state index contributed by atoms with van der Waals surface area (Å²) in [7, 11) is 0. The van der Waals surface area contributed by atoms with Crippen molar-refractivity contribution in [2.75, 3.05) is 0 Å². The van der Waals surface area contributed by atoms with Gasteiger partial charge >= 0.3 is 5.97 Å². The van der Waals surface area contributed by atoms with E-state index in [2.05, 4.69) is 129 Å². The highest BCUT2D eigenvalue weighted by molar-refractivity contribution is 5.94. The van der Waals surface area contributed by atoms with E-state index in [1.165, 1.54) is 5.56 Å². The Hall–Kier alpha value is -4.98. The van der Waals surface area contributed by atoms with E-state index >= 15 is 0 Å². The summed E-state index contributed by atoms with van der Waals surface area (Å²) in [5.74, 6) is 1.32. The highest BCUT2D eigenvalue weighted by Gasteiger charge is 2.63. The number of hydrogen-bond acceptors (Lipinski definition) is 5. The highest BCUT2D eigenvalue weighted by atomic mass is 16.6. The maximum absolute atomic E-state index is 14.1. The number of esters is 1. The number of ether oxygens (including phenoxy) is 1. The Bertz CT molecular complexity index is 2090. The van der Waals surface area contributed by atoms with Crippen LogP contribution in [0.3, 0.4) is 0 Å². The van der Waals surface area contributed by atoms with Crippen LogP contribution in [0.4, 0.5) is 0 Å². The molecule has 1 amide bonds. The quantitative estimate of drug-likeness (QED) is 0.155. The van der Waals surface area contributed by atoms with Crippen molar-refractivity contribution >= 4 is 11.9 Å². The maximum Gasteiger partial charge on any atom is 0.313 e. The summed E-state index contributed by atoms with van der Waals surface area (Å²) in [4.78, 5) is 36.9. The first-order valence-electron chi connectivity index (χ1n) is 17.7. The van der Waals surface area contributed by atoms with Gasteiger partial charge in [0.25, 0.3) is 5.91 Å². The van der Waals surface area contributed by atoms with Crippen molar-refractivity contribution in [1.82, 2.24) is 24.4 Å². The molecule has 2 aliphatic rings. The Morgan fingerprint density at radius 1 is 0.780 bits per heavy atom. The number of hydrogen-bond donors (Lipinski definition) is 1. The molecule has 1 aliphatic carbocycles. The number of pyridine rings is 2. The molecule has 1 aromatic carbocycles. The molecule has 0 spiro atoms. The molecule has 7 rings (SSSR count). The fraction of sp³-hybridized carbons (Fsp3) is 0.381. The molecule has 3 atom stereocenters. The molecule has 8 nitrogen and oxygen atoms in total. The Kier molecular flexibility index (Phi) is 8.53. The Balaban J connectivity index is 1.18. The van der Waals surface area contributed by atoms with Crippen molar-refractivity contribution in [2.45, 2.75) is 98.6 Å². The zero-order chi connectivity index (χ0) is 35.4. The molecule has 1 saturated carbocycles. The number of nitrogens with one attached hydrogen (secondary N) is 1. The summed E-state index contributed by atoms with van der Waals surface area (Å²) in [6.07, 6.45) is 3.70. The van der Waals surface area contributed by atoms with Gasteiger partial charge in [-0.1, -0.05) is 24.3 Å². The molecule has 2 fully saturated rings. The minimum Gasteiger partial charge on any atom is -0.448 e. The number of rotatable bonds is 10. The van der Waals surface area contributed by atoms with Gasteiger partial charge in [-0.3, -0.25) is 9.59 Å². The van der Waals surface area contributed by atoms with E-state index in [-0.39, 0.29) is 17.9 Å². The molecule has 0 radical (unpaired) electrons. The van der Waals surface area contributed by atoms with Crippen LogP contribution in [0, 0.1) is 47.0 Å². The van der Waals surface area contributed by atoms with Gasteiger partial charge < -0.3 is 19.2 Å². The molecule has 5 aromatic rings. The van der Waals surface area contributed by atoms with E-state index in [9.17, 15) is 9.59 Å². The molecule has 1 N–H and O–H groups in total. The number of benzene rings is 1. The molecule has 2 bridgehead atoms. The van der Waals surface area contributed by atoms with Crippen LogP contribution in [-0.2, 0) is 33.6 Å². The summed E-state index contributed by atoms with van der Waals surface area (Å²) in [5, 5.41) is 3.34. The van der Waals surface area contributed by atoms with Crippen LogP contribution in [0.25, 0.3) is 11.6 Å². The van der Waals surface area contributed by atoms with Gasteiger partial charge in [-0.05, 0) is 145 Å². The van der Waals surface area contributed by atoms with Crippen LogP contribution in [-0.4, -0.2) is 36.6 Å². The lowest BCUT2D eigenvalue weighted by molar-refractivity contribution is -0.166. The van der Waals surface area contributed by atoms with Crippen LogP contribution in [0.5, 0.6) is 0 Å². The molecule has 5 heterocycles. The number of fused-ring (bicyclic) bond motifs is 2. The zero-order valence-electron chi connectivity index (χ0n) is 30.3. The minimum absolute atomic E-state index is 0.223. The smallest absolute Gasteiger partial charge is 0.313 e. The monoisotopic (exact) mass is 669 g/mol. The van der Waals surface area contributed by atoms with Crippen LogP contribution < -0.4 is 5.32 Å². The van der Waals surface area contributed by atoms with Crippen molar-refractivity contribution in [3.8, 4) is 11.6 Å². The van der Waals surface area contributed by atoms with Gasteiger partial charge in [-0.15, -0.1) is 0 Å². The largest absolute Gasteiger partial charge is 0.448 e. The first-order valence-corrected chi connectivity index (χ1v) is 17.7. The molecule has 1 aliphatic heterocycles. The number of aryl methyl sites for hydroxylation is 8. The minimum atomic E-state index is -1.11. The number of nitrogens with zero attached hydrogens (tertiary/aromatic N) is 4. The SMILES string of the molecule is Cc1cc(CCc2cccc(C(Cc3cc(C)cc(-n4c(C)ccc4C)n3)NC(=O)[C@@]34CC[C@@](C)(C3)C(=O)O4)c2)nc(-n2c(C)ccc2C)c1. The van der Waals surface area contributed by atoms with Gasteiger partial charge in [0.1, 0.15) is 11.6 Å². The first-order chi connectivity index (χ1) is 23.8. The Labute approximate surface area is 294 Å². The standard InChI is InChI=1S/C42H47N5O3/c1-26-19-34(43-37(21-26)46-28(3)11-12-29(46)4)16-15-32-9-8-10-33(23-32)36(45-39(48)42-18-17-41(7,25-42)40(49)50-42)24-35-20-27(2)22-38(44-35)47-30(5)13-14-31(47)6/h8-14,19-23,36H,15-18,24-25H2,1-7H3,(H,45,48)/t36?,41-,42+/m0/s1. The Morgan fingerprint density at radius 2 is 1.36 bits per heavy atom. The van der Waals surface area contributed by atoms with Gasteiger partial charge in [0.15, 0.2) is 5.60 Å². The van der Waals surface area contributed by atoms with E-state index in [4.69, 9.17) is 14.7 Å². The second kappa shape index (κ2) is 12.7. The van der Waals surface area contributed by atoms with Crippen LogP contribution >= 0.6 is 0 Å². The first kappa shape index (κ1) is 33.5. The van der Waals surface area contributed by atoms with E-state index in [0.29, 0.717) is 25.7 Å². The van der Waals surface area contributed by atoms with Crippen molar-refractivity contribution in [1.29, 1.82) is 0 Å². The molecule has 258 valence electrons. The molecule has 4 aromatic heterocycles.